The van der Waals surface area contributed by atoms with Crippen LogP contribution < -0.4 is 10.4 Å². The maximum atomic E-state index is 11.5. The van der Waals surface area contributed by atoms with Crippen LogP contribution in [0.3, 0.4) is 0 Å². The fourth-order valence-electron chi connectivity index (χ4n) is 3.13. The predicted octanol–water partition coefficient (Wildman–Crippen LogP) is 2.04. The molecule has 3 rings (SSSR count). The summed E-state index contributed by atoms with van der Waals surface area (Å²) in [6.45, 7) is 3.78. The van der Waals surface area contributed by atoms with Gasteiger partial charge in [-0.3, -0.25) is 25.0 Å². The number of nitrogens with one attached hydrogen (secondary N) is 1. The molecule has 136 valence electrons. The molecule has 0 unspecified atom stereocenters. The summed E-state index contributed by atoms with van der Waals surface area (Å²) >= 11 is 0. The van der Waals surface area contributed by atoms with Crippen molar-refractivity contribution in [2.75, 3.05) is 31.1 Å². The number of nitrogens with zero attached hydrogens (tertiary/aromatic N) is 3. The van der Waals surface area contributed by atoms with Crippen LogP contribution in [0.15, 0.2) is 48.5 Å². The fraction of sp³-hybridized carbons (Fsp3) is 0.278. The molecule has 2 N–H and O–H groups in total. The van der Waals surface area contributed by atoms with Crippen molar-refractivity contribution in [2.45, 2.75) is 6.54 Å². The van der Waals surface area contributed by atoms with E-state index in [0.29, 0.717) is 18.8 Å². The van der Waals surface area contributed by atoms with Crippen molar-refractivity contribution < 1.29 is 14.9 Å². The summed E-state index contributed by atoms with van der Waals surface area (Å²) in [6.07, 6.45) is 0. The van der Waals surface area contributed by atoms with Crippen LogP contribution in [0, 0.1) is 10.1 Å². The van der Waals surface area contributed by atoms with Crippen LogP contribution in [0.2, 0.25) is 0 Å². The molecule has 26 heavy (non-hydrogen) atoms. The molecule has 2 aromatic rings. The van der Waals surface area contributed by atoms with Gasteiger partial charge in [-0.1, -0.05) is 30.3 Å². The van der Waals surface area contributed by atoms with E-state index < -0.39 is 10.8 Å². The first-order valence-corrected chi connectivity index (χ1v) is 8.32. The molecule has 8 nitrogen and oxygen atoms in total. The Morgan fingerprint density at radius 3 is 2.42 bits per heavy atom. The number of hydrogen-bond donors (Lipinski definition) is 2. The van der Waals surface area contributed by atoms with Crippen molar-refractivity contribution in [3.8, 4) is 0 Å². The van der Waals surface area contributed by atoms with Crippen molar-refractivity contribution in [2.24, 2.45) is 0 Å². The van der Waals surface area contributed by atoms with Gasteiger partial charge in [-0.15, -0.1) is 0 Å². The SMILES string of the molecule is O=C(NO)c1ccc(N2CCN(Cc3ccccc3)CC2)c([N+](=O)[O-])c1. The minimum absolute atomic E-state index is 0.0469. The smallest absolute Gasteiger partial charge is 0.293 e. The third-order valence-electron chi connectivity index (χ3n) is 4.50. The van der Waals surface area contributed by atoms with Gasteiger partial charge in [0.25, 0.3) is 11.6 Å². The second kappa shape index (κ2) is 7.94. The van der Waals surface area contributed by atoms with Crippen LogP contribution in [-0.4, -0.2) is 47.1 Å². The molecule has 8 heteroatoms. The highest BCUT2D eigenvalue weighted by molar-refractivity contribution is 5.95. The molecule has 2 aromatic carbocycles. The van der Waals surface area contributed by atoms with Crippen LogP contribution in [0.5, 0.6) is 0 Å². The average molecular weight is 356 g/mol. The number of carbonyl (C=O) groups is 1. The van der Waals surface area contributed by atoms with Gasteiger partial charge in [0, 0.05) is 44.4 Å². The number of amides is 1. The fourth-order valence-corrected chi connectivity index (χ4v) is 3.13. The topological polar surface area (TPSA) is 99.0 Å². The largest absolute Gasteiger partial charge is 0.363 e. The quantitative estimate of drug-likeness (QED) is 0.483. The van der Waals surface area contributed by atoms with E-state index in [4.69, 9.17) is 5.21 Å². The minimum Gasteiger partial charge on any atom is -0.363 e. The molecule has 0 aliphatic carbocycles. The highest BCUT2D eigenvalue weighted by Gasteiger charge is 2.25. The molecule has 0 bridgehead atoms. The Morgan fingerprint density at radius 1 is 1.12 bits per heavy atom. The molecule has 0 aromatic heterocycles. The molecule has 1 heterocycles. The van der Waals surface area contributed by atoms with E-state index in [1.165, 1.54) is 23.2 Å². The van der Waals surface area contributed by atoms with Crippen molar-refractivity contribution in [3.05, 3.63) is 69.8 Å². The van der Waals surface area contributed by atoms with Crippen LogP contribution in [0.1, 0.15) is 15.9 Å². The minimum atomic E-state index is -0.771. The predicted molar refractivity (Wildman–Crippen MR) is 96.3 cm³/mol. The van der Waals surface area contributed by atoms with Gasteiger partial charge < -0.3 is 4.90 Å². The first-order chi connectivity index (χ1) is 12.6. The molecular formula is C18H20N4O4. The maximum absolute atomic E-state index is 11.5. The Hall–Kier alpha value is -2.97. The number of benzene rings is 2. The Bertz CT molecular complexity index is 789. The van der Waals surface area contributed by atoms with E-state index in [2.05, 4.69) is 17.0 Å². The first-order valence-electron chi connectivity index (χ1n) is 8.32. The summed E-state index contributed by atoms with van der Waals surface area (Å²) in [5.41, 5.74) is 3.14. The molecular weight excluding hydrogens is 336 g/mol. The summed E-state index contributed by atoms with van der Waals surface area (Å²) in [4.78, 5) is 26.7. The third kappa shape index (κ3) is 3.98. The van der Waals surface area contributed by atoms with Gasteiger partial charge in [-0.05, 0) is 17.7 Å². The normalized spacial score (nSPS) is 14.9. The molecule has 0 radical (unpaired) electrons. The molecule has 1 saturated heterocycles. The van der Waals surface area contributed by atoms with Gasteiger partial charge in [0.1, 0.15) is 5.69 Å². The van der Waals surface area contributed by atoms with Crippen molar-refractivity contribution in [3.63, 3.8) is 0 Å². The summed E-state index contributed by atoms with van der Waals surface area (Å²) < 4.78 is 0. The zero-order chi connectivity index (χ0) is 18.5. The number of nitro benzene ring substituents is 1. The van der Waals surface area contributed by atoms with Crippen molar-refractivity contribution >= 4 is 17.3 Å². The second-order valence-electron chi connectivity index (χ2n) is 6.15. The van der Waals surface area contributed by atoms with Gasteiger partial charge in [-0.2, -0.15) is 0 Å². The molecule has 1 aliphatic rings. The first kappa shape index (κ1) is 17.8. The van der Waals surface area contributed by atoms with Gasteiger partial charge in [-0.25, -0.2) is 5.48 Å². The Kier molecular flexibility index (Phi) is 5.45. The number of rotatable bonds is 5. The van der Waals surface area contributed by atoms with Gasteiger partial charge in [0.2, 0.25) is 0 Å². The highest BCUT2D eigenvalue weighted by Crippen LogP contribution is 2.30. The Morgan fingerprint density at radius 2 is 1.81 bits per heavy atom. The Labute approximate surface area is 150 Å². The van der Waals surface area contributed by atoms with E-state index in [0.717, 1.165) is 19.6 Å². The Balaban J connectivity index is 1.70. The molecule has 0 spiro atoms. The third-order valence-corrected chi connectivity index (χ3v) is 4.50. The van der Waals surface area contributed by atoms with Crippen molar-refractivity contribution in [1.29, 1.82) is 0 Å². The second-order valence-corrected chi connectivity index (χ2v) is 6.15. The van der Waals surface area contributed by atoms with E-state index >= 15 is 0 Å². The zero-order valence-electron chi connectivity index (χ0n) is 14.2. The number of carbonyl (C=O) groups excluding carboxylic acids is 1. The lowest BCUT2D eigenvalue weighted by Crippen LogP contribution is -2.46. The zero-order valence-corrected chi connectivity index (χ0v) is 14.2. The number of hydroxylamine groups is 1. The monoisotopic (exact) mass is 356 g/mol. The molecule has 0 saturated carbocycles. The lowest BCUT2D eigenvalue weighted by Gasteiger charge is -2.35. The summed E-state index contributed by atoms with van der Waals surface area (Å²) in [7, 11) is 0. The summed E-state index contributed by atoms with van der Waals surface area (Å²) in [5.74, 6) is -0.771. The van der Waals surface area contributed by atoms with Crippen LogP contribution in [0.25, 0.3) is 0 Å². The highest BCUT2D eigenvalue weighted by atomic mass is 16.6. The number of piperazine rings is 1. The van der Waals surface area contributed by atoms with Crippen LogP contribution in [0.4, 0.5) is 11.4 Å². The van der Waals surface area contributed by atoms with Crippen LogP contribution >= 0.6 is 0 Å². The van der Waals surface area contributed by atoms with Crippen molar-refractivity contribution in [1.82, 2.24) is 10.4 Å². The summed E-state index contributed by atoms with van der Waals surface area (Å²) in [5, 5.41) is 20.1. The summed E-state index contributed by atoms with van der Waals surface area (Å²) in [6, 6.07) is 14.4. The van der Waals surface area contributed by atoms with E-state index in [1.54, 1.807) is 6.07 Å². The van der Waals surface area contributed by atoms with E-state index in [9.17, 15) is 14.9 Å². The van der Waals surface area contributed by atoms with Gasteiger partial charge >= 0.3 is 0 Å². The molecule has 1 fully saturated rings. The molecule has 1 amide bonds. The average Bonchev–Trinajstić information content (AvgIpc) is 2.68. The maximum Gasteiger partial charge on any atom is 0.293 e. The molecule has 1 aliphatic heterocycles. The van der Waals surface area contributed by atoms with Crippen LogP contribution in [-0.2, 0) is 6.54 Å². The van der Waals surface area contributed by atoms with E-state index in [-0.39, 0.29) is 11.3 Å². The lowest BCUT2D eigenvalue weighted by molar-refractivity contribution is -0.384. The number of nitro groups is 1. The van der Waals surface area contributed by atoms with Gasteiger partial charge in [0.15, 0.2) is 0 Å². The number of hydrogen-bond acceptors (Lipinski definition) is 6. The standard InChI is InChI=1S/C18H20N4O4/c23-18(19-24)15-6-7-16(17(12-15)22(25)26)21-10-8-20(9-11-21)13-14-4-2-1-3-5-14/h1-7,12,24H,8-11,13H2,(H,19,23). The van der Waals surface area contributed by atoms with Gasteiger partial charge in [0.05, 0.1) is 4.92 Å². The van der Waals surface area contributed by atoms with E-state index in [1.807, 2.05) is 23.1 Å². The molecule has 0 atom stereocenters. The number of anilines is 1. The lowest BCUT2D eigenvalue weighted by atomic mass is 10.1.